The van der Waals surface area contributed by atoms with Crippen LogP contribution in [-0.4, -0.2) is 26.1 Å². The van der Waals surface area contributed by atoms with Gasteiger partial charge in [0.1, 0.15) is 0 Å². The van der Waals surface area contributed by atoms with Crippen LogP contribution in [0.1, 0.15) is 49.7 Å². The molecule has 1 amide bonds. The summed E-state index contributed by atoms with van der Waals surface area (Å²) >= 11 is 1.66. The van der Waals surface area contributed by atoms with E-state index in [0.29, 0.717) is 5.56 Å². The number of thioether (sulfide) groups is 1. The molecular formula is C20H26N2O3S2. The Morgan fingerprint density at radius 3 is 2.04 bits per heavy atom. The van der Waals surface area contributed by atoms with Crippen LogP contribution in [0.25, 0.3) is 0 Å². The summed E-state index contributed by atoms with van der Waals surface area (Å²) in [7, 11) is -3.62. The lowest BCUT2D eigenvalue weighted by molar-refractivity contribution is 0.0939. The first kappa shape index (κ1) is 21.5. The van der Waals surface area contributed by atoms with Crippen LogP contribution < -0.4 is 10.0 Å². The van der Waals surface area contributed by atoms with Crippen molar-refractivity contribution in [1.29, 1.82) is 0 Å². The lowest BCUT2D eigenvalue weighted by Gasteiger charge is -2.20. The summed E-state index contributed by atoms with van der Waals surface area (Å²) in [6.07, 6.45) is 2.01. The molecule has 0 aliphatic carbocycles. The van der Waals surface area contributed by atoms with Gasteiger partial charge in [-0.2, -0.15) is 0 Å². The average molecular weight is 407 g/mol. The number of sulfonamides is 1. The van der Waals surface area contributed by atoms with Gasteiger partial charge in [0.05, 0.1) is 10.9 Å². The summed E-state index contributed by atoms with van der Waals surface area (Å²) in [6.45, 7) is 7.25. The predicted molar refractivity (Wildman–Crippen MR) is 111 cm³/mol. The fraction of sp³-hybridized carbons (Fsp3) is 0.350. The molecule has 2 aromatic rings. The fourth-order valence-corrected chi connectivity index (χ4v) is 4.33. The SMILES string of the molecule is CSc1ccc(C(C)NC(=O)c2ccc(S(=O)(=O)NC(C)(C)C)cc2)cc1. The second-order valence-corrected chi connectivity index (χ2v) is 9.91. The summed E-state index contributed by atoms with van der Waals surface area (Å²) in [5.41, 5.74) is 0.850. The highest BCUT2D eigenvalue weighted by atomic mass is 32.2. The molecule has 146 valence electrons. The highest BCUT2D eigenvalue weighted by molar-refractivity contribution is 7.98. The van der Waals surface area contributed by atoms with Crippen LogP contribution in [0.4, 0.5) is 0 Å². The molecule has 0 saturated heterocycles. The minimum absolute atomic E-state index is 0.134. The summed E-state index contributed by atoms with van der Waals surface area (Å²) in [6, 6.07) is 13.8. The van der Waals surface area contributed by atoms with Crippen molar-refractivity contribution in [2.75, 3.05) is 6.26 Å². The van der Waals surface area contributed by atoms with Gasteiger partial charge in [-0.3, -0.25) is 4.79 Å². The first-order chi connectivity index (χ1) is 12.5. The van der Waals surface area contributed by atoms with Crippen LogP contribution in [0.5, 0.6) is 0 Å². The van der Waals surface area contributed by atoms with Gasteiger partial charge >= 0.3 is 0 Å². The Bertz CT molecular complexity index is 884. The van der Waals surface area contributed by atoms with E-state index in [1.54, 1.807) is 32.5 Å². The summed E-state index contributed by atoms with van der Waals surface area (Å²) in [4.78, 5) is 13.8. The fourth-order valence-electron chi connectivity index (χ4n) is 2.50. The van der Waals surface area contributed by atoms with E-state index in [4.69, 9.17) is 0 Å². The third kappa shape index (κ3) is 6.09. The van der Waals surface area contributed by atoms with Crippen molar-refractivity contribution in [3.63, 3.8) is 0 Å². The number of carbonyl (C=O) groups is 1. The van der Waals surface area contributed by atoms with E-state index >= 15 is 0 Å². The molecule has 0 radical (unpaired) electrons. The van der Waals surface area contributed by atoms with E-state index in [9.17, 15) is 13.2 Å². The van der Waals surface area contributed by atoms with Gasteiger partial charge in [0.15, 0.2) is 0 Å². The van der Waals surface area contributed by atoms with Gasteiger partial charge in [-0.15, -0.1) is 11.8 Å². The summed E-state index contributed by atoms with van der Waals surface area (Å²) in [5.74, 6) is -0.246. The van der Waals surface area contributed by atoms with E-state index in [0.717, 1.165) is 10.5 Å². The molecule has 0 aromatic heterocycles. The first-order valence-electron chi connectivity index (χ1n) is 8.61. The molecule has 2 aromatic carbocycles. The number of carbonyl (C=O) groups excluding carboxylic acids is 1. The van der Waals surface area contributed by atoms with Gasteiger partial charge in [0.2, 0.25) is 10.0 Å². The maximum absolute atomic E-state index is 12.5. The Balaban J connectivity index is 2.08. The van der Waals surface area contributed by atoms with Gasteiger partial charge < -0.3 is 5.32 Å². The molecule has 0 bridgehead atoms. The van der Waals surface area contributed by atoms with Crippen LogP contribution in [-0.2, 0) is 10.0 Å². The monoisotopic (exact) mass is 406 g/mol. The maximum Gasteiger partial charge on any atom is 0.251 e. The molecule has 2 N–H and O–H groups in total. The van der Waals surface area contributed by atoms with E-state index in [2.05, 4.69) is 10.0 Å². The predicted octanol–water partition coefficient (Wildman–Crippen LogP) is 3.98. The van der Waals surface area contributed by atoms with Crippen molar-refractivity contribution in [2.24, 2.45) is 0 Å². The van der Waals surface area contributed by atoms with Crippen LogP contribution >= 0.6 is 11.8 Å². The summed E-state index contributed by atoms with van der Waals surface area (Å²) < 4.78 is 27.3. The Labute approximate surface area is 166 Å². The number of hydrogen-bond acceptors (Lipinski definition) is 4. The molecule has 0 spiro atoms. The number of rotatable bonds is 6. The molecule has 0 heterocycles. The second kappa shape index (κ2) is 8.46. The topological polar surface area (TPSA) is 75.3 Å². The Hall–Kier alpha value is -1.83. The molecule has 0 aliphatic rings. The molecule has 0 fully saturated rings. The van der Waals surface area contributed by atoms with Crippen LogP contribution in [0, 0.1) is 0 Å². The van der Waals surface area contributed by atoms with Gasteiger partial charge in [0, 0.05) is 16.0 Å². The molecule has 5 nitrogen and oxygen atoms in total. The lowest BCUT2D eigenvalue weighted by Crippen LogP contribution is -2.40. The molecule has 1 atom stereocenters. The number of amides is 1. The zero-order chi connectivity index (χ0) is 20.2. The minimum Gasteiger partial charge on any atom is -0.346 e. The van der Waals surface area contributed by atoms with E-state index in [-0.39, 0.29) is 16.8 Å². The number of hydrogen-bond donors (Lipinski definition) is 2. The minimum atomic E-state index is -3.62. The molecule has 1 unspecified atom stereocenters. The van der Waals surface area contributed by atoms with Gasteiger partial charge in [-0.05, 0) is 75.9 Å². The molecular weight excluding hydrogens is 380 g/mol. The smallest absolute Gasteiger partial charge is 0.251 e. The molecule has 7 heteroatoms. The Morgan fingerprint density at radius 1 is 1.00 bits per heavy atom. The lowest BCUT2D eigenvalue weighted by atomic mass is 10.1. The van der Waals surface area contributed by atoms with Crippen molar-refractivity contribution in [3.05, 3.63) is 59.7 Å². The van der Waals surface area contributed by atoms with E-state index in [1.807, 2.05) is 37.4 Å². The molecule has 27 heavy (non-hydrogen) atoms. The first-order valence-corrected chi connectivity index (χ1v) is 11.3. The van der Waals surface area contributed by atoms with Crippen molar-refractivity contribution >= 4 is 27.7 Å². The van der Waals surface area contributed by atoms with Crippen molar-refractivity contribution in [2.45, 2.75) is 49.1 Å². The zero-order valence-corrected chi connectivity index (χ0v) is 17.9. The van der Waals surface area contributed by atoms with E-state index < -0.39 is 15.6 Å². The number of nitrogens with one attached hydrogen (secondary N) is 2. The molecule has 0 aliphatic heterocycles. The van der Waals surface area contributed by atoms with E-state index in [1.165, 1.54) is 24.3 Å². The third-order valence-electron chi connectivity index (χ3n) is 3.83. The quantitative estimate of drug-likeness (QED) is 0.712. The maximum atomic E-state index is 12.5. The van der Waals surface area contributed by atoms with Gasteiger partial charge in [-0.25, -0.2) is 13.1 Å². The van der Waals surface area contributed by atoms with Crippen molar-refractivity contribution in [3.8, 4) is 0 Å². The summed E-state index contributed by atoms with van der Waals surface area (Å²) in [5, 5.41) is 2.94. The molecule has 0 saturated carbocycles. The second-order valence-electron chi connectivity index (χ2n) is 7.35. The van der Waals surface area contributed by atoms with Gasteiger partial charge in [-0.1, -0.05) is 12.1 Å². The zero-order valence-electron chi connectivity index (χ0n) is 16.2. The van der Waals surface area contributed by atoms with Crippen LogP contribution in [0.15, 0.2) is 58.3 Å². The van der Waals surface area contributed by atoms with Crippen molar-refractivity contribution < 1.29 is 13.2 Å². The standard InChI is InChI=1S/C20H26N2O3S2/c1-14(15-6-10-17(26-5)11-7-15)21-19(23)16-8-12-18(13-9-16)27(24,25)22-20(2,3)4/h6-14,22H,1-5H3,(H,21,23). The Kier molecular flexibility index (Phi) is 6.72. The largest absolute Gasteiger partial charge is 0.346 e. The van der Waals surface area contributed by atoms with Gasteiger partial charge in [0.25, 0.3) is 5.91 Å². The normalized spacial score (nSPS) is 13.2. The van der Waals surface area contributed by atoms with Crippen LogP contribution in [0.3, 0.4) is 0 Å². The van der Waals surface area contributed by atoms with Crippen molar-refractivity contribution in [1.82, 2.24) is 10.0 Å². The highest BCUT2D eigenvalue weighted by Crippen LogP contribution is 2.20. The third-order valence-corrected chi connectivity index (χ3v) is 6.35. The molecule has 2 rings (SSSR count). The highest BCUT2D eigenvalue weighted by Gasteiger charge is 2.22. The van der Waals surface area contributed by atoms with Crippen LogP contribution in [0.2, 0.25) is 0 Å². The number of benzene rings is 2. The average Bonchev–Trinajstić information content (AvgIpc) is 2.60. The Morgan fingerprint density at radius 2 is 1.56 bits per heavy atom.